The molecular formula is C15H17F2NO5. The Kier molecular flexibility index (Phi) is 6.62. The summed E-state index contributed by atoms with van der Waals surface area (Å²) < 4.78 is 35.6. The van der Waals surface area contributed by atoms with Gasteiger partial charge in [-0.2, -0.15) is 0 Å². The van der Waals surface area contributed by atoms with E-state index >= 15 is 0 Å². The van der Waals surface area contributed by atoms with Crippen LogP contribution in [-0.4, -0.2) is 38.1 Å². The molecule has 23 heavy (non-hydrogen) atoms. The average Bonchev–Trinajstić information content (AvgIpc) is 2.51. The van der Waals surface area contributed by atoms with Crippen molar-refractivity contribution in [1.29, 1.82) is 0 Å². The van der Waals surface area contributed by atoms with Crippen LogP contribution in [0.2, 0.25) is 0 Å². The molecule has 2 atom stereocenters. The molecule has 6 nitrogen and oxygen atoms in total. The Morgan fingerprint density at radius 1 is 1.17 bits per heavy atom. The van der Waals surface area contributed by atoms with Gasteiger partial charge in [0.05, 0.1) is 26.2 Å². The Labute approximate surface area is 131 Å². The second-order valence-electron chi connectivity index (χ2n) is 4.86. The first-order valence-electron chi connectivity index (χ1n) is 6.70. The van der Waals surface area contributed by atoms with Crippen molar-refractivity contribution in [2.24, 2.45) is 5.92 Å². The van der Waals surface area contributed by atoms with Crippen molar-refractivity contribution in [1.82, 2.24) is 5.32 Å². The zero-order chi connectivity index (χ0) is 17.6. The van der Waals surface area contributed by atoms with E-state index in [0.29, 0.717) is 6.07 Å². The minimum Gasteiger partial charge on any atom is -0.469 e. The first-order valence-corrected chi connectivity index (χ1v) is 6.70. The molecule has 0 spiro atoms. The summed E-state index contributed by atoms with van der Waals surface area (Å²) >= 11 is 0. The normalized spacial score (nSPS) is 12.9. The number of esters is 2. The number of nitrogens with one attached hydrogen (secondary N) is 1. The van der Waals surface area contributed by atoms with E-state index in [0.717, 1.165) is 19.2 Å². The van der Waals surface area contributed by atoms with Crippen LogP contribution in [0.3, 0.4) is 0 Å². The van der Waals surface area contributed by atoms with Gasteiger partial charge in [-0.15, -0.1) is 0 Å². The molecule has 0 radical (unpaired) electrons. The van der Waals surface area contributed by atoms with E-state index in [2.05, 4.69) is 14.8 Å². The van der Waals surface area contributed by atoms with Gasteiger partial charge in [0.1, 0.15) is 17.7 Å². The van der Waals surface area contributed by atoms with E-state index in [4.69, 9.17) is 0 Å². The van der Waals surface area contributed by atoms with Gasteiger partial charge in [-0.25, -0.2) is 13.6 Å². The van der Waals surface area contributed by atoms with E-state index in [1.165, 1.54) is 14.0 Å². The van der Waals surface area contributed by atoms with Gasteiger partial charge in [-0.1, -0.05) is 6.92 Å². The summed E-state index contributed by atoms with van der Waals surface area (Å²) in [6.45, 7) is 1.53. The molecule has 0 saturated carbocycles. The lowest BCUT2D eigenvalue weighted by molar-refractivity contribution is -0.146. The highest BCUT2D eigenvalue weighted by Crippen LogP contribution is 2.14. The monoisotopic (exact) mass is 329 g/mol. The van der Waals surface area contributed by atoms with Crippen LogP contribution in [0.1, 0.15) is 23.7 Å². The fraction of sp³-hybridized carbons (Fsp3) is 0.400. The van der Waals surface area contributed by atoms with E-state index in [1.807, 2.05) is 0 Å². The second-order valence-corrected chi connectivity index (χ2v) is 4.86. The standard InChI is InChI=1S/C15H17F2NO5/c1-8(6-12(19)22-2)13(15(21)23-3)18-14(20)10-5-4-9(16)7-11(10)17/h4-5,7-8,13H,6H2,1-3H3,(H,18,20)/t8-,13-/m1/s1. The quantitative estimate of drug-likeness (QED) is 0.799. The number of methoxy groups -OCH3 is 2. The zero-order valence-corrected chi connectivity index (χ0v) is 12.9. The molecule has 0 saturated heterocycles. The van der Waals surface area contributed by atoms with Crippen LogP contribution < -0.4 is 5.32 Å². The van der Waals surface area contributed by atoms with Gasteiger partial charge in [0.2, 0.25) is 0 Å². The lowest BCUT2D eigenvalue weighted by Crippen LogP contribution is -2.46. The van der Waals surface area contributed by atoms with Crippen molar-refractivity contribution in [3.05, 3.63) is 35.4 Å². The molecular weight excluding hydrogens is 312 g/mol. The number of hydrogen-bond acceptors (Lipinski definition) is 5. The van der Waals surface area contributed by atoms with Gasteiger partial charge in [0.25, 0.3) is 5.91 Å². The summed E-state index contributed by atoms with van der Waals surface area (Å²) in [5, 5.41) is 2.29. The third-order valence-corrected chi connectivity index (χ3v) is 3.20. The van der Waals surface area contributed by atoms with E-state index in [1.54, 1.807) is 0 Å². The number of rotatable bonds is 6. The summed E-state index contributed by atoms with van der Waals surface area (Å²) in [6.07, 6.45) is -0.150. The number of carbonyl (C=O) groups is 3. The molecule has 0 fully saturated rings. The maximum Gasteiger partial charge on any atom is 0.328 e. The molecule has 0 aliphatic heterocycles. The molecule has 1 aromatic rings. The number of ether oxygens (including phenoxy) is 2. The van der Waals surface area contributed by atoms with E-state index in [-0.39, 0.29) is 6.42 Å². The van der Waals surface area contributed by atoms with Crippen molar-refractivity contribution in [3.63, 3.8) is 0 Å². The van der Waals surface area contributed by atoms with Crippen LogP contribution in [-0.2, 0) is 19.1 Å². The van der Waals surface area contributed by atoms with E-state index in [9.17, 15) is 23.2 Å². The largest absolute Gasteiger partial charge is 0.469 e. The zero-order valence-electron chi connectivity index (χ0n) is 12.9. The SMILES string of the molecule is COC(=O)C[C@@H](C)[C@@H](NC(=O)c1ccc(F)cc1F)C(=O)OC. The number of halogens is 2. The first kappa shape index (κ1) is 18.5. The molecule has 1 N–H and O–H groups in total. The minimum atomic E-state index is -1.18. The fourth-order valence-electron chi connectivity index (χ4n) is 1.92. The third kappa shape index (κ3) is 5.01. The lowest BCUT2D eigenvalue weighted by atomic mass is 9.97. The molecule has 0 aromatic heterocycles. The van der Waals surface area contributed by atoms with E-state index < -0.39 is 47.0 Å². The van der Waals surface area contributed by atoms with Gasteiger partial charge in [-0.05, 0) is 18.1 Å². The molecule has 0 bridgehead atoms. The van der Waals surface area contributed by atoms with Crippen LogP contribution in [0.25, 0.3) is 0 Å². The summed E-state index contributed by atoms with van der Waals surface area (Å²) in [7, 11) is 2.31. The number of carbonyl (C=O) groups excluding carboxylic acids is 3. The second kappa shape index (κ2) is 8.21. The maximum atomic E-state index is 13.6. The third-order valence-electron chi connectivity index (χ3n) is 3.20. The smallest absolute Gasteiger partial charge is 0.328 e. The Morgan fingerprint density at radius 3 is 2.35 bits per heavy atom. The van der Waals surface area contributed by atoms with Crippen LogP contribution in [0, 0.1) is 17.6 Å². The van der Waals surface area contributed by atoms with Crippen LogP contribution in [0.15, 0.2) is 18.2 Å². The summed E-state index contributed by atoms with van der Waals surface area (Å²) in [5.41, 5.74) is -0.425. The molecule has 126 valence electrons. The Hall–Kier alpha value is -2.51. The van der Waals surface area contributed by atoms with Crippen molar-refractivity contribution in [3.8, 4) is 0 Å². The van der Waals surface area contributed by atoms with Gasteiger partial charge < -0.3 is 14.8 Å². The molecule has 8 heteroatoms. The van der Waals surface area contributed by atoms with Gasteiger partial charge >= 0.3 is 11.9 Å². The highest BCUT2D eigenvalue weighted by atomic mass is 19.1. The van der Waals surface area contributed by atoms with Crippen molar-refractivity contribution in [2.45, 2.75) is 19.4 Å². The van der Waals surface area contributed by atoms with Gasteiger partial charge in [-0.3, -0.25) is 9.59 Å². The van der Waals surface area contributed by atoms with Crippen molar-refractivity contribution in [2.75, 3.05) is 14.2 Å². The summed E-state index contributed by atoms with van der Waals surface area (Å²) in [4.78, 5) is 35.2. The van der Waals surface area contributed by atoms with Crippen molar-refractivity contribution >= 4 is 17.8 Å². The number of hydrogen-bond donors (Lipinski definition) is 1. The van der Waals surface area contributed by atoms with Crippen molar-refractivity contribution < 1.29 is 32.6 Å². The highest BCUT2D eigenvalue weighted by molar-refractivity contribution is 5.97. The fourth-order valence-corrected chi connectivity index (χ4v) is 1.92. The molecule has 0 aliphatic carbocycles. The maximum absolute atomic E-state index is 13.6. The molecule has 0 unspecified atom stereocenters. The number of benzene rings is 1. The van der Waals surface area contributed by atoms with Gasteiger partial charge in [0.15, 0.2) is 0 Å². The van der Waals surface area contributed by atoms with Crippen LogP contribution in [0.5, 0.6) is 0 Å². The molecule has 1 amide bonds. The first-order chi connectivity index (χ1) is 10.8. The predicted octanol–water partition coefficient (Wildman–Crippen LogP) is 1.44. The highest BCUT2D eigenvalue weighted by Gasteiger charge is 2.30. The summed E-state index contributed by atoms with van der Waals surface area (Å²) in [6, 6.07) is 1.25. The Morgan fingerprint density at radius 2 is 1.83 bits per heavy atom. The lowest BCUT2D eigenvalue weighted by Gasteiger charge is -2.22. The Bertz CT molecular complexity index is 606. The average molecular weight is 329 g/mol. The summed E-state index contributed by atoms with van der Waals surface area (Å²) in [5.74, 6) is -4.84. The molecule has 0 heterocycles. The predicted molar refractivity (Wildman–Crippen MR) is 75.4 cm³/mol. The van der Waals surface area contributed by atoms with Crippen LogP contribution in [0.4, 0.5) is 8.78 Å². The minimum absolute atomic E-state index is 0.150. The topological polar surface area (TPSA) is 81.7 Å². The number of amides is 1. The van der Waals surface area contributed by atoms with Gasteiger partial charge in [0, 0.05) is 6.07 Å². The van der Waals surface area contributed by atoms with Crippen LogP contribution >= 0.6 is 0 Å². The molecule has 1 rings (SSSR count). The Balaban J connectivity index is 2.94. The molecule has 1 aromatic carbocycles. The molecule has 0 aliphatic rings.